The van der Waals surface area contributed by atoms with Gasteiger partial charge in [0.1, 0.15) is 5.58 Å². The quantitative estimate of drug-likeness (QED) is 0.715. The molecule has 0 aliphatic heterocycles. The topological polar surface area (TPSA) is 68.5 Å². The minimum absolute atomic E-state index is 0.109. The molecule has 4 fully saturated rings. The smallest absolute Gasteiger partial charge is 0.310 e. The molecule has 2 aromatic rings. The van der Waals surface area contributed by atoms with Crippen molar-refractivity contribution in [3.05, 3.63) is 35.1 Å². The Morgan fingerprint density at radius 1 is 1.07 bits per heavy atom. The van der Waals surface area contributed by atoms with Crippen LogP contribution in [-0.4, -0.2) is 25.0 Å². The molecular formula is C25H31NO4. The monoisotopic (exact) mass is 409 g/mol. The van der Waals surface area contributed by atoms with Gasteiger partial charge in [0.2, 0.25) is 0 Å². The molecule has 160 valence electrons. The molecule has 5 heteroatoms. The van der Waals surface area contributed by atoms with Gasteiger partial charge in [-0.1, -0.05) is 0 Å². The first kappa shape index (κ1) is 19.7. The molecule has 4 aliphatic carbocycles. The van der Waals surface area contributed by atoms with E-state index in [4.69, 9.17) is 9.15 Å². The number of nitrogens with one attached hydrogen (secondary N) is 1. The predicted octanol–water partition coefficient (Wildman–Crippen LogP) is 4.47. The molecule has 0 spiro atoms. The van der Waals surface area contributed by atoms with Crippen LogP contribution in [-0.2, 0) is 20.7 Å². The Morgan fingerprint density at radius 2 is 1.70 bits per heavy atom. The number of benzene rings is 1. The second-order valence-corrected chi connectivity index (χ2v) is 10.2. The Kier molecular flexibility index (Phi) is 4.87. The number of carbonyl (C=O) groups is 2. The van der Waals surface area contributed by atoms with Crippen LogP contribution in [0.25, 0.3) is 11.0 Å². The van der Waals surface area contributed by atoms with Gasteiger partial charge in [0.25, 0.3) is 5.91 Å². The molecule has 1 aromatic heterocycles. The Hall–Kier alpha value is -2.30. The summed E-state index contributed by atoms with van der Waals surface area (Å²) in [6.07, 6.45) is 9.67. The maximum absolute atomic E-state index is 12.3. The second kappa shape index (κ2) is 7.44. The molecule has 0 radical (unpaired) electrons. The lowest BCUT2D eigenvalue weighted by molar-refractivity contribution is -0.148. The number of carbonyl (C=O) groups excluding carboxylic acids is 2. The third kappa shape index (κ3) is 3.75. The summed E-state index contributed by atoms with van der Waals surface area (Å²) in [6.45, 7) is 4.60. The molecule has 30 heavy (non-hydrogen) atoms. The summed E-state index contributed by atoms with van der Waals surface area (Å²) in [6, 6.07) is 4.02. The van der Waals surface area contributed by atoms with E-state index < -0.39 is 5.97 Å². The number of hydrogen-bond acceptors (Lipinski definition) is 4. The fraction of sp³-hybridized carbons (Fsp3) is 0.600. The van der Waals surface area contributed by atoms with Gasteiger partial charge in [0, 0.05) is 17.5 Å². The Labute approximate surface area is 177 Å². The highest BCUT2D eigenvalue weighted by molar-refractivity contribution is 5.87. The van der Waals surface area contributed by atoms with Crippen LogP contribution in [0.2, 0.25) is 0 Å². The van der Waals surface area contributed by atoms with Crippen LogP contribution < -0.4 is 5.32 Å². The van der Waals surface area contributed by atoms with Crippen molar-refractivity contribution in [2.75, 3.05) is 13.2 Å². The Morgan fingerprint density at radius 3 is 2.37 bits per heavy atom. The molecule has 1 heterocycles. The zero-order valence-corrected chi connectivity index (χ0v) is 18.0. The van der Waals surface area contributed by atoms with Crippen LogP contribution >= 0.6 is 0 Å². The van der Waals surface area contributed by atoms with Crippen molar-refractivity contribution in [2.24, 2.45) is 23.2 Å². The van der Waals surface area contributed by atoms with Crippen molar-refractivity contribution >= 4 is 22.8 Å². The predicted molar refractivity (Wildman–Crippen MR) is 114 cm³/mol. The molecule has 4 saturated carbocycles. The van der Waals surface area contributed by atoms with Gasteiger partial charge in [-0.3, -0.25) is 9.59 Å². The number of furan rings is 1. The molecular weight excluding hydrogens is 378 g/mol. The number of rotatable bonds is 6. The number of amides is 1. The van der Waals surface area contributed by atoms with Crippen molar-refractivity contribution < 1.29 is 18.7 Å². The van der Waals surface area contributed by atoms with Crippen LogP contribution in [0.1, 0.15) is 55.2 Å². The third-order valence-corrected chi connectivity index (χ3v) is 7.79. The molecule has 5 nitrogen and oxygen atoms in total. The van der Waals surface area contributed by atoms with E-state index in [-0.39, 0.29) is 18.9 Å². The maximum atomic E-state index is 12.3. The van der Waals surface area contributed by atoms with E-state index in [1.54, 1.807) is 6.26 Å². The molecule has 1 N–H and O–H groups in total. The van der Waals surface area contributed by atoms with Crippen molar-refractivity contribution in [2.45, 2.75) is 58.8 Å². The lowest BCUT2D eigenvalue weighted by Crippen LogP contribution is -2.51. The van der Waals surface area contributed by atoms with Crippen molar-refractivity contribution in [1.82, 2.24) is 5.32 Å². The summed E-state index contributed by atoms with van der Waals surface area (Å²) in [5.41, 5.74) is 4.17. The average molecular weight is 410 g/mol. The molecule has 6 rings (SSSR count). The summed E-state index contributed by atoms with van der Waals surface area (Å²) in [4.78, 5) is 24.6. The first-order valence-electron chi connectivity index (χ1n) is 11.3. The fourth-order valence-corrected chi connectivity index (χ4v) is 6.67. The zero-order chi connectivity index (χ0) is 20.9. The van der Waals surface area contributed by atoms with Gasteiger partial charge in [-0.05, 0) is 98.8 Å². The molecule has 1 aromatic carbocycles. The first-order chi connectivity index (χ1) is 14.4. The average Bonchev–Trinajstić information content (AvgIpc) is 3.05. The molecule has 0 atom stereocenters. The molecule has 0 saturated heterocycles. The number of fused-ring (bicyclic) bond motifs is 1. The molecule has 0 unspecified atom stereocenters. The van der Waals surface area contributed by atoms with E-state index in [0.29, 0.717) is 5.41 Å². The second-order valence-electron chi connectivity index (χ2n) is 10.2. The van der Waals surface area contributed by atoms with Gasteiger partial charge in [0.15, 0.2) is 6.61 Å². The lowest BCUT2D eigenvalue weighted by Gasteiger charge is -2.56. The largest absolute Gasteiger partial charge is 0.464 e. The van der Waals surface area contributed by atoms with Crippen molar-refractivity contribution in [1.29, 1.82) is 0 Å². The van der Waals surface area contributed by atoms with Gasteiger partial charge in [0.05, 0.1) is 12.7 Å². The number of esters is 1. The van der Waals surface area contributed by atoms with Crippen LogP contribution in [0.15, 0.2) is 22.8 Å². The van der Waals surface area contributed by atoms with Crippen LogP contribution in [0.3, 0.4) is 0 Å². The number of hydrogen-bond donors (Lipinski definition) is 1. The fourth-order valence-electron chi connectivity index (χ4n) is 6.67. The highest BCUT2D eigenvalue weighted by Gasteiger charge is 2.50. The van der Waals surface area contributed by atoms with E-state index in [9.17, 15) is 9.59 Å². The normalized spacial score (nSPS) is 29.3. The van der Waals surface area contributed by atoms with Crippen molar-refractivity contribution in [3.8, 4) is 0 Å². The zero-order valence-electron chi connectivity index (χ0n) is 18.0. The standard InChI is InChI=1S/C25H31NO4/c1-15-3-21-20(12-29-22(21)4-16(15)2)8-24(28)30-13-23(27)26-14-25-9-17-5-18(10-25)7-19(6-17)11-25/h3-4,12,17-19H,5-11,13-14H2,1-2H3,(H,26,27). The third-order valence-electron chi connectivity index (χ3n) is 7.79. The number of ether oxygens (including phenoxy) is 1. The van der Waals surface area contributed by atoms with Gasteiger partial charge in [-0.25, -0.2) is 0 Å². The number of aryl methyl sites for hydroxylation is 2. The van der Waals surface area contributed by atoms with E-state index in [0.717, 1.165) is 52.0 Å². The van der Waals surface area contributed by atoms with Gasteiger partial charge >= 0.3 is 5.97 Å². The Bertz CT molecular complexity index is 953. The van der Waals surface area contributed by atoms with Crippen LogP contribution in [0.4, 0.5) is 0 Å². The summed E-state index contributed by atoms with van der Waals surface area (Å²) in [5, 5.41) is 3.99. The summed E-state index contributed by atoms with van der Waals surface area (Å²) >= 11 is 0. The summed E-state index contributed by atoms with van der Waals surface area (Å²) in [7, 11) is 0. The van der Waals surface area contributed by atoms with Gasteiger partial charge < -0.3 is 14.5 Å². The Balaban J connectivity index is 1.12. The van der Waals surface area contributed by atoms with E-state index in [1.165, 1.54) is 38.5 Å². The highest BCUT2D eigenvalue weighted by Crippen LogP contribution is 2.59. The van der Waals surface area contributed by atoms with E-state index in [2.05, 4.69) is 5.32 Å². The molecule has 4 bridgehead atoms. The first-order valence-corrected chi connectivity index (χ1v) is 11.3. The van der Waals surface area contributed by atoms with E-state index in [1.807, 2.05) is 26.0 Å². The molecule has 4 aliphatic rings. The summed E-state index contributed by atoms with van der Waals surface area (Å²) < 4.78 is 10.8. The van der Waals surface area contributed by atoms with Gasteiger partial charge in [-0.2, -0.15) is 0 Å². The maximum Gasteiger partial charge on any atom is 0.310 e. The van der Waals surface area contributed by atoms with Crippen LogP contribution in [0.5, 0.6) is 0 Å². The minimum atomic E-state index is -0.402. The lowest BCUT2D eigenvalue weighted by atomic mass is 9.49. The van der Waals surface area contributed by atoms with E-state index >= 15 is 0 Å². The van der Waals surface area contributed by atoms with Gasteiger partial charge in [-0.15, -0.1) is 0 Å². The van der Waals surface area contributed by atoms with Crippen molar-refractivity contribution in [3.63, 3.8) is 0 Å². The van der Waals surface area contributed by atoms with Crippen LogP contribution in [0, 0.1) is 37.0 Å². The summed E-state index contributed by atoms with van der Waals surface area (Å²) in [5.74, 6) is 2.00. The molecule has 1 amide bonds. The minimum Gasteiger partial charge on any atom is -0.464 e. The highest BCUT2D eigenvalue weighted by atomic mass is 16.5. The SMILES string of the molecule is Cc1cc2occ(CC(=O)OCC(=O)NCC34CC5CC(CC(C5)C3)C4)c2cc1C.